The van der Waals surface area contributed by atoms with Crippen molar-refractivity contribution in [3.8, 4) is 0 Å². The number of hydrogen-bond acceptors (Lipinski definition) is 2. The van der Waals surface area contributed by atoms with Crippen LogP contribution < -0.4 is 0 Å². The number of ketones is 1. The van der Waals surface area contributed by atoms with Crippen LogP contribution in [0.25, 0.3) is 0 Å². The van der Waals surface area contributed by atoms with Crippen molar-refractivity contribution in [2.45, 2.75) is 60.0 Å². The summed E-state index contributed by atoms with van der Waals surface area (Å²) in [7, 11) is 0. The minimum atomic E-state index is -0.189. The fraction of sp³-hybridized carbons (Fsp3) is 0.933. The van der Waals surface area contributed by atoms with Gasteiger partial charge in [0.25, 0.3) is 0 Å². The normalized spacial score (nSPS) is 31.5. The zero-order valence-electron chi connectivity index (χ0n) is 12.0. The van der Waals surface area contributed by atoms with Crippen molar-refractivity contribution in [3.63, 3.8) is 0 Å². The summed E-state index contributed by atoms with van der Waals surface area (Å²) in [4.78, 5) is 12.5. The van der Waals surface area contributed by atoms with E-state index in [2.05, 4.69) is 27.7 Å². The fourth-order valence-corrected chi connectivity index (χ4v) is 2.82. The highest BCUT2D eigenvalue weighted by Crippen LogP contribution is 2.35. The van der Waals surface area contributed by atoms with Crippen LogP contribution >= 0.6 is 0 Å². The monoisotopic (exact) mass is 240 g/mol. The van der Waals surface area contributed by atoms with E-state index in [4.69, 9.17) is 4.74 Å². The molecule has 0 aromatic carbocycles. The third-order valence-corrected chi connectivity index (χ3v) is 4.23. The molecule has 0 bridgehead atoms. The Morgan fingerprint density at radius 1 is 1.24 bits per heavy atom. The maximum absolute atomic E-state index is 12.5. The molecule has 0 amide bonds. The van der Waals surface area contributed by atoms with E-state index >= 15 is 0 Å². The minimum absolute atomic E-state index is 0.189. The van der Waals surface area contributed by atoms with Gasteiger partial charge >= 0.3 is 0 Å². The molecule has 0 heterocycles. The van der Waals surface area contributed by atoms with E-state index in [1.54, 1.807) is 0 Å². The number of ether oxygens (including phenoxy) is 1. The Morgan fingerprint density at radius 2 is 1.88 bits per heavy atom. The average Bonchev–Trinajstić information content (AvgIpc) is 2.28. The standard InChI is InChI=1S/C15H28O2/c1-6-17-15(10(2)3)14(16)13-8-7-11(4)12(5)9-13/h10-13,15H,6-9H2,1-5H3. The molecule has 0 N–H and O–H groups in total. The van der Waals surface area contributed by atoms with Crippen LogP contribution in [0.1, 0.15) is 53.9 Å². The summed E-state index contributed by atoms with van der Waals surface area (Å²) in [6, 6.07) is 0. The number of hydrogen-bond donors (Lipinski definition) is 0. The first kappa shape index (κ1) is 14.7. The predicted octanol–water partition coefficient (Wildman–Crippen LogP) is 3.69. The number of rotatable bonds is 5. The summed E-state index contributed by atoms with van der Waals surface area (Å²) in [5, 5.41) is 0. The summed E-state index contributed by atoms with van der Waals surface area (Å²) in [6.45, 7) is 11.3. The summed E-state index contributed by atoms with van der Waals surface area (Å²) in [6.07, 6.45) is 3.11. The number of Topliss-reactive ketones (excluding diaryl/α,β-unsaturated/α-hetero) is 1. The highest BCUT2D eigenvalue weighted by atomic mass is 16.5. The largest absolute Gasteiger partial charge is 0.370 e. The van der Waals surface area contributed by atoms with E-state index in [1.807, 2.05) is 6.92 Å². The lowest BCUT2D eigenvalue weighted by molar-refractivity contribution is -0.139. The van der Waals surface area contributed by atoms with Crippen molar-refractivity contribution in [3.05, 3.63) is 0 Å². The lowest BCUT2D eigenvalue weighted by Crippen LogP contribution is -2.38. The van der Waals surface area contributed by atoms with Crippen molar-refractivity contribution < 1.29 is 9.53 Å². The summed E-state index contributed by atoms with van der Waals surface area (Å²) in [5.74, 6) is 2.31. The molecular formula is C15H28O2. The molecule has 2 nitrogen and oxygen atoms in total. The Labute approximate surface area is 106 Å². The van der Waals surface area contributed by atoms with Gasteiger partial charge < -0.3 is 4.74 Å². The van der Waals surface area contributed by atoms with Crippen LogP contribution in [0, 0.1) is 23.7 Å². The molecular weight excluding hydrogens is 212 g/mol. The van der Waals surface area contributed by atoms with Crippen molar-refractivity contribution >= 4 is 5.78 Å². The Bertz CT molecular complexity index is 247. The smallest absolute Gasteiger partial charge is 0.164 e. The van der Waals surface area contributed by atoms with Gasteiger partial charge in [-0.15, -0.1) is 0 Å². The van der Waals surface area contributed by atoms with E-state index in [9.17, 15) is 4.79 Å². The van der Waals surface area contributed by atoms with Crippen LogP contribution in [0.4, 0.5) is 0 Å². The third-order valence-electron chi connectivity index (χ3n) is 4.23. The predicted molar refractivity (Wildman–Crippen MR) is 70.9 cm³/mol. The first-order valence-electron chi connectivity index (χ1n) is 7.12. The molecule has 0 aromatic heterocycles. The van der Waals surface area contributed by atoms with Gasteiger partial charge in [-0.2, -0.15) is 0 Å². The molecule has 100 valence electrons. The molecule has 0 saturated heterocycles. The van der Waals surface area contributed by atoms with E-state index < -0.39 is 0 Å². The molecule has 4 atom stereocenters. The molecule has 1 fully saturated rings. The Kier molecular flexibility index (Phi) is 5.64. The highest BCUT2D eigenvalue weighted by molar-refractivity contribution is 5.85. The van der Waals surface area contributed by atoms with Crippen molar-refractivity contribution in [1.82, 2.24) is 0 Å². The van der Waals surface area contributed by atoms with Crippen molar-refractivity contribution in [1.29, 1.82) is 0 Å². The first-order valence-corrected chi connectivity index (χ1v) is 7.12. The molecule has 1 rings (SSSR count). The molecule has 2 heteroatoms. The molecule has 1 aliphatic rings. The molecule has 1 saturated carbocycles. The van der Waals surface area contributed by atoms with Crippen LogP contribution in [0.3, 0.4) is 0 Å². The van der Waals surface area contributed by atoms with Gasteiger partial charge in [0, 0.05) is 12.5 Å². The molecule has 0 spiro atoms. The summed E-state index contributed by atoms with van der Waals surface area (Å²) < 4.78 is 5.63. The lowest BCUT2D eigenvalue weighted by atomic mass is 9.73. The Morgan fingerprint density at radius 3 is 2.35 bits per heavy atom. The SMILES string of the molecule is CCOC(C(=O)C1CCC(C)C(C)C1)C(C)C. The van der Waals surface area contributed by atoms with Gasteiger partial charge in [0.15, 0.2) is 5.78 Å². The van der Waals surface area contributed by atoms with Crippen LogP contribution in [-0.4, -0.2) is 18.5 Å². The second kappa shape index (κ2) is 6.53. The third kappa shape index (κ3) is 3.80. The Hall–Kier alpha value is -0.370. The maximum Gasteiger partial charge on any atom is 0.164 e. The molecule has 0 radical (unpaired) electrons. The molecule has 4 unspecified atom stereocenters. The molecule has 0 aliphatic heterocycles. The zero-order chi connectivity index (χ0) is 13.0. The second-order valence-corrected chi connectivity index (χ2v) is 5.99. The highest BCUT2D eigenvalue weighted by Gasteiger charge is 2.34. The summed E-state index contributed by atoms with van der Waals surface area (Å²) in [5.41, 5.74) is 0. The average molecular weight is 240 g/mol. The zero-order valence-corrected chi connectivity index (χ0v) is 12.0. The summed E-state index contributed by atoms with van der Waals surface area (Å²) >= 11 is 0. The quantitative estimate of drug-likeness (QED) is 0.732. The van der Waals surface area contributed by atoms with Crippen LogP contribution in [0.5, 0.6) is 0 Å². The Balaban J connectivity index is 2.61. The molecule has 0 aromatic rings. The minimum Gasteiger partial charge on any atom is -0.370 e. The van der Waals surface area contributed by atoms with Gasteiger partial charge in [0.2, 0.25) is 0 Å². The number of carbonyl (C=O) groups is 1. The fourth-order valence-electron chi connectivity index (χ4n) is 2.82. The van der Waals surface area contributed by atoms with Gasteiger partial charge in [-0.1, -0.05) is 27.7 Å². The van der Waals surface area contributed by atoms with Crippen molar-refractivity contribution in [2.24, 2.45) is 23.7 Å². The van der Waals surface area contributed by atoms with Gasteiger partial charge in [-0.05, 0) is 43.9 Å². The lowest BCUT2D eigenvalue weighted by Gasteiger charge is -2.33. The van der Waals surface area contributed by atoms with E-state index in [0.29, 0.717) is 18.3 Å². The van der Waals surface area contributed by atoms with Gasteiger partial charge in [-0.25, -0.2) is 0 Å². The molecule has 1 aliphatic carbocycles. The van der Waals surface area contributed by atoms with Crippen LogP contribution in [0.15, 0.2) is 0 Å². The van der Waals surface area contributed by atoms with Gasteiger partial charge in [0.1, 0.15) is 6.10 Å². The second-order valence-electron chi connectivity index (χ2n) is 5.99. The van der Waals surface area contributed by atoms with Crippen LogP contribution in [0.2, 0.25) is 0 Å². The van der Waals surface area contributed by atoms with E-state index in [-0.39, 0.29) is 17.9 Å². The first-order chi connectivity index (χ1) is 7.97. The van der Waals surface area contributed by atoms with Gasteiger partial charge in [-0.3, -0.25) is 4.79 Å². The maximum atomic E-state index is 12.5. The van der Waals surface area contributed by atoms with E-state index in [0.717, 1.165) is 18.8 Å². The van der Waals surface area contributed by atoms with E-state index in [1.165, 1.54) is 6.42 Å². The number of carbonyl (C=O) groups excluding carboxylic acids is 1. The van der Waals surface area contributed by atoms with Crippen molar-refractivity contribution in [2.75, 3.05) is 6.61 Å². The topological polar surface area (TPSA) is 26.3 Å². The van der Waals surface area contributed by atoms with Crippen LogP contribution in [-0.2, 0) is 9.53 Å². The van der Waals surface area contributed by atoms with Gasteiger partial charge in [0.05, 0.1) is 0 Å². The molecule has 17 heavy (non-hydrogen) atoms.